The molecule has 0 spiro atoms. The van der Waals surface area contributed by atoms with Crippen LogP contribution in [0.4, 0.5) is 11.8 Å². The Morgan fingerprint density at radius 2 is 1.94 bits per heavy atom. The van der Waals surface area contributed by atoms with Gasteiger partial charge in [0.1, 0.15) is 5.82 Å². The summed E-state index contributed by atoms with van der Waals surface area (Å²) in [4.78, 5) is 11.2. The van der Waals surface area contributed by atoms with E-state index < -0.39 is 0 Å². The summed E-state index contributed by atoms with van der Waals surface area (Å²) in [7, 11) is 1.87. The zero-order valence-electron chi connectivity index (χ0n) is 9.54. The summed E-state index contributed by atoms with van der Waals surface area (Å²) in [5, 5.41) is 3.07. The molecule has 2 rings (SSSR count). The van der Waals surface area contributed by atoms with E-state index in [2.05, 4.69) is 36.1 Å². The molecule has 0 atom stereocenters. The van der Waals surface area contributed by atoms with Gasteiger partial charge in [-0.25, -0.2) is 4.98 Å². The Kier molecular flexibility index (Phi) is 3.98. The molecule has 0 amide bonds. The predicted octanol–water partition coefficient (Wildman–Crippen LogP) is 2.66. The van der Waals surface area contributed by atoms with Crippen molar-refractivity contribution in [2.45, 2.75) is 25.7 Å². The third-order valence-electron chi connectivity index (χ3n) is 2.86. The third kappa shape index (κ3) is 2.64. The van der Waals surface area contributed by atoms with Gasteiger partial charge in [0.05, 0.1) is 4.47 Å². The lowest BCUT2D eigenvalue weighted by atomic mass is 10.2. The van der Waals surface area contributed by atoms with Crippen molar-refractivity contribution in [3.63, 3.8) is 0 Å². The maximum atomic E-state index is 4.51. The second-order valence-electron chi connectivity index (χ2n) is 4.02. The molecule has 1 N–H and O–H groups in total. The van der Waals surface area contributed by atoms with Crippen LogP contribution in [0, 0.1) is 0 Å². The Morgan fingerprint density at radius 3 is 2.56 bits per heavy atom. The molecule has 0 aromatic carbocycles. The lowest BCUT2D eigenvalue weighted by Gasteiger charge is -2.20. The van der Waals surface area contributed by atoms with Crippen molar-refractivity contribution in [1.29, 1.82) is 0 Å². The van der Waals surface area contributed by atoms with Crippen LogP contribution in [-0.4, -0.2) is 30.1 Å². The molecule has 0 aliphatic carbocycles. The molecule has 0 bridgehead atoms. The average molecular weight is 285 g/mol. The smallest absolute Gasteiger partial charge is 0.227 e. The van der Waals surface area contributed by atoms with E-state index in [9.17, 15) is 0 Å². The molecular weight excluding hydrogens is 268 g/mol. The van der Waals surface area contributed by atoms with Crippen LogP contribution in [0.1, 0.15) is 25.7 Å². The first kappa shape index (κ1) is 11.6. The highest BCUT2D eigenvalue weighted by Gasteiger charge is 2.13. The minimum absolute atomic E-state index is 0.842. The summed E-state index contributed by atoms with van der Waals surface area (Å²) in [6.45, 7) is 2.15. The van der Waals surface area contributed by atoms with Crippen LogP contribution in [0.5, 0.6) is 0 Å². The van der Waals surface area contributed by atoms with Gasteiger partial charge in [0, 0.05) is 26.3 Å². The molecule has 0 saturated carbocycles. The zero-order valence-corrected chi connectivity index (χ0v) is 11.1. The summed E-state index contributed by atoms with van der Waals surface area (Å²) in [5.41, 5.74) is 0. The lowest BCUT2D eigenvalue weighted by Crippen LogP contribution is -2.26. The van der Waals surface area contributed by atoms with Crippen molar-refractivity contribution in [2.75, 3.05) is 30.4 Å². The maximum absolute atomic E-state index is 4.51. The van der Waals surface area contributed by atoms with Crippen LogP contribution >= 0.6 is 15.9 Å². The highest BCUT2D eigenvalue weighted by atomic mass is 79.9. The fraction of sp³-hybridized carbons (Fsp3) is 0.636. The van der Waals surface area contributed by atoms with Gasteiger partial charge in [-0.1, -0.05) is 12.8 Å². The van der Waals surface area contributed by atoms with E-state index in [4.69, 9.17) is 0 Å². The molecule has 88 valence electrons. The second-order valence-corrected chi connectivity index (χ2v) is 4.87. The molecule has 5 heteroatoms. The number of halogens is 1. The van der Waals surface area contributed by atoms with Gasteiger partial charge in [0.15, 0.2) is 0 Å². The van der Waals surface area contributed by atoms with Crippen molar-refractivity contribution in [2.24, 2.45) is 0 Å². The minimum Gasteiger partial charge on any atom is -0.372 e. The van der Waals surface area contributed by atoms with Crippen LogP contribution < -0.4 is 10.2 Å². The Balaban J connectivity index is 2.18. The second kappa shape index (κ2) is 5.48. The number of nitrogens with one attached hydrogen (secondary N) is 1. The van der Waals surface area contributed by atoms with Crippen LogP contribution in [0.2, 0.25) is 0 Å². The van der Waals surface area contributed by atoms with Crippen molar-refractivity contribution in [3.05, 3.63) is 10.7 Å². The maximum Gasteiger partial charge on any atom is 0.227 e. The number of nitrogens with zero attached hydrogens (tertiary/aromatic N) is 3. The molecule has 1 aromatic heterocycles. The van der Waals surface area contributed by atoms with Crippen molar-refractivity contribution < 1.29 is 0 Å². The van der Waals surface area contributed by atoms with Gasteiger partial charge in [-0.2, -0.15) is 4.98 Å². The molecule has 4 nitrogen and oxygen atoms in total. The summed E-state index contributed by atoms with van der Waals surface area (Å²) < 4.78 is 0.911. The first-order valence-corrected chi connectivity index (χ1v) is 6.56. The standard InChI is InChI=1S/C11H17BrN4/c1-13-10-9(12)8-14-11(15-10)16-6-4-2-3-5-7-16/h8H,2-7H2,1H3,(H,13,14,15). The molecule has 1 aliphatic rings. The third-order valence-corrected chi connectivity index (χ3v) is 3.44. The van der Waals surface area contributed by atoms with E-state index in [-0.39, 0.29) is 0 Å². The molecule has 0 unspecified atom stereocenters. The number of rotatable bonds is 2. The fourth-order valence-corrected chi connectivity index (χ4v) is 2.35. The summed E-state index contributed by atoms with van der Waals surface area (Å²) >= 11 is 3.42. The Bertz CT molecular complexity index is 348. The topological polar surface area (TPSA) is 41.1 Å². The average Bonchev–Trinajstić information content (AvgIpc) is 2.58. The Hall–Kier alpha value is -0.840. The van der Waals surface area contributed by atoms with E-state index >= 15 is 0 Å². The first-order chi connectivity index (χ1) is 7.81. The monoisotopic (exact) mass is 284 g/mol. The van der Waals surface area contributed by atoms with E-state index in [1.54, 1.807) is 0 Å². The Labute approximate surface area is 105 Å². The predicted molar refractivity (Wildman–Crippen MR) is 70.0 cm³/mol. The summed E-state index contributed by atoms with van der Waals surface area (Å²) in [6, 6.07) is 0. The molecule has 1 fully saturated rings. The van der Waals surface area contributed by atoms with E-state index in [0.717, 1.165) is 29.3 Å². The number of hydrogen-bond acceptors (Lipinski definition) is 4. The summed E-state index contributed by atoms with van der Waals surface area (Å²) in [5.74, 6) is 1.70. The highest BCUT2D eigenvalue weighted by Crippen LogP contribution is 2.22. The molecule has 16 heavy (non-hydrogen) atoms. The largest absolute Gasteiger partial charge is 0.372 e. The number of anilines is 2. The number of hydrogen-bond donors (Lipinski definition) is 1. The van der Waals surface area contributed by atoms with Crippen LogP contribution in [0.25, 0.3) is 0 Å². The minimum atomic E-state index is 0.842. The fourth-order valence-electron chi connectivity index (χ4n) is 1.96. The van der Waals surface area contributed by atoms with E-state index in [1.807, 2.05) is 13.2 Å². The molecule has 1 aromatic rings. The van der Waals surface area contributed by atoms with Gasteiger partial charge in [0.25, 0.3) is 0 Å². The normalized spacial score (nSPS) is 17.0. The van der Waals surface area contributed by atoms with Gasteiger partial charge >= 0.3 is 0 Å². The van der Waals surface area contributed by atoms with Gasteiger partial charge in [-0.3, -0.25) is 0 Å². The van der Waals surface area contributed by atoms with Crippen LogP contribution in [0.3, 0.4) is 0 Å². The van der Waals surface area contributed by atoms with Gasteiger partial charge < -0.3 is 10.2 Å². The lowest BCUT2D eigenvalue weighted by molar-refractivity contribution is 0.726. The molecule has 1 aliphatic heterocycles. The molecule has 0 radical (unpaired) electrons. The van der Waals surface area contributed by atoms with Crippen molar-refractivity contribution in [3.8, 4) is 0 Å². The quantitative estimate of drug-likeness (QED) is 0.907. The molecule has 1 saturated heterocycles. The first-order valence-electron chi connectivity index (χ1n) is 5.76. The van der Waals surface area contributed by atoms with Crippen LogP contribution in [0.15, 0.2) is 10.7 Å². The Morgan fingerprint density at radius 1 is 1.25 bits per heavy atom. The van der Waals surface area contributed by atoms with Crippen molar-refractivity contribution in [1.82, 2.24) is 9.97 Å². The van der Waals surface area contributed by atoms with Gasteiger partial charge in [-0.05, 0) is 28.8 Å². The molecular formula is C11H17BrN4. The summed E-state index contributed by atoms with van der Waals surface area (Å²) in [6.07, 6.45) is 6.96. The van der Waals surface area contributed by atoms with Gasteiger partial charge in [-0.15, -0.1) is 0 Å². The SMILES string of the molecule is CNc1nc(N2CCCCCC2)ncc1Br. The van der Waals surface area contributed by atoms with Crippen molar-refractivity contribution >= 4 is 27.7 Å². The van der Waals surface area contributed by atoms with Crippen LogP contribution in [-0.2, 0) is 0 Å². The highest BCUT2D eigenvalue weighted by molar-refractivity contribution is 9.10. The number of aromatic nitrogens is 2. The zero-order chi connectivity index (χ0) is 11.4. The van der Waals surface area contributed by atoms with E-state index in [1.165, 1.54) is 25.7 Å². The van der Waals surface area contributed by atoms with Gasteiger partial charge in [0.2, 0.25) is 5.95 Å². The molecule has 2 heterocycles. The van der Waals surface area contributed by atoms with E-state index in [0.29, 0.717) is 0 Å².